The molecule has 0 atom stereocenters. The number of benzene rings is 1. The number of carbonyl (C=O) groups excluding carboxylic acids is 1. The quantitative estimate of drug-likeness (QED) is 0.672. The molecule has 4 aliphatic rings. The van der Waals surface area contributed by atoms with Gasteiger partial charge in [-0.1, -0.05) is 0 Å². The van der Waals surface area contributed by atoms with E-state index in [1.807, 2.05) is 0 Å². The van der Waals surface area contributed by atoms with Crippen molar-refractivity contribution in [2.75, 3.05) is 31.1 Å². The molecular formula is C17H22N4O3. The summed E-state index contributed by atoms with van der Waals surface area (Å²) in [6.45, 7) is 4.15. The van der Waals surface area contributed by atoms with Crippen molar-refractivity contribution in [3.05, 3.63) is 33.9 Å². The number of hydrogen-bond donors (Lipinski definition) is 1. The first-order valence-electron chi connectivity index (χ1n) is 8.70. The number of amides is 1. The van der Waals surface area contributed by atoms with Gasteiger partial charge in [-0.25, -0.2) is 0 Å². The van der Waals surface area contributed by atoms with Gasteiger partial charge in [-0.2, -0.15) is 0 Å². The lowest BCUT2D eigenvalue weighted by Gasteiger charge is -2.33. The fourth-order valence-corrected chi connectivity index (χ4v) is 3.76. The Kier molecular flexibility index (Phi) is 3.88. The highest BCUT2D eigenvalue weighted by atomic mass is 16.6. The highest BCUT2D eigenvalue weighted by Crippen LogP contribution is 2.31. The van der Waals surface area contributed by atoms with Crippen molar-refractivity contribution in [3.63, 3.8) is 0 Å². The lowest BCUT2D eigenvalue weighted by molar-refractivity contribution is -0.385. The van der Waals surface area contributed by atoms with Crippen LogP contribution in [0.5, 0.6) is 0 Å². The van der Waals surface area contributed by atoms with E-state index in [-0.39, 0.29) is 23.2 Å². The molecule has 1 aromatic carbocycles. The maximum atomic E-state index is 12.4. The van der Waals surface area contributed by atoms with E-state index in [4.69, 9.17) is 0 Å². The molecule has 2 bridgehead atoms. The molecule has 1 amide bonds. The number of hydrogen-bond acceptors (Lipinski definition) is 5. The van der Waals surface area contributed by atoms with E-state index in [0.717, 1.165) is 57.5 Å². The summed E-state index contributed by atoms with van der Waals surface area (Å²) in [6.07, 6.45) is 4.15. The summed E-state index contributed by atoms with van der Waals surface area (Å²) in [5.74, 6) is -0.325. The molecule has 128 valence electrons. The molecule has 1 N–H and O–H groups in total. The largest absolute Gasteiger partial charge is 0.367 e. The Morgan fingerprint density at radius 2 is 1.88 bits per heavy atom. The summed E-state index contributed by atoms with van der Waals surface area (Å²) in [6, 6.07) is 5.63. The first-order chi connectivity index (χ1) is 11.6. The van der Waals surface area contributed by atoms with Gasteiger partial charge in [0.2, 0.25) is 0 Å². The Labute approximate surface area is 140 Å². The average molecular weight is 330 g/mol. The number of piperidine rings is 1. The summed E-state index contributed by atoms with van der Waals surface area (Å²) < 4.78 is 0. The zero-order chi connectivity index (χ0) is 16.7. The number of anilines is 1. The minimum Gasteiger partial charge on any atom is -0.367 e. The van der Waals surface area contributed by atoms with Crippen LogP contribution in [-0.2, 0) is 0 Å². The van der Waals surface area contributed by atoms with Gasteiger partial charge in [0.25, 0.3) is 11.6 Å². The van der Waals surface area contributed by atoms with Gasteiger partial charge in [-0.15, -0.1) is 0 Å². The van der Waals surface area contributed by atoms with Crippen molar-refractivity contribution < 1.29 is 9.72 Å². The van der Waals surface area contributed by atoms with Crippen molar-refractivity contribution in [1.82, 2.24) is 10.2 Å². The van der Waals surface area contributed by atoms with Crippen LogP contribution in [0.3, 0.4) is 0 Å². The molecule has 0 spiro atoms. The van der Waals surface area contributed by atoms with E-state index in [1.54, 1.807) is 12.1 Å². The molecule has 3 saturated heterocycles. The molecule has 5 rings (SSSR count). The first-order valence-corrected chi connectivity index (χ1v) is 8.70. The van der Waals surface area contributed by atoms with Crippen molar-refractivity contribution >= 4 is 17.3 Å². The fraction of sp³-hybridized carbons (Fsp3) is 0.588. The molecule has 0 unspecified atom stereocenters. The van der Waals surface area contributed by atoms with Crippen LogP contribution < -0.4 is 10.2 Å². The maximum absolute atomic E-state index is 12.4. The van der Waals surface area contributed by atoms with Gasteiger partial charge in [0, 0.05) is 50.0 Å². The average Bonchev–Trinajstić information content (AvgIpc) is 3.42. The Hall–Kier alpha value is -2.15. The summed E-state index contributed by atoms with van der Waals surface area (Å²) in [5.41, 5.74) is 0.999. The van der Waals surface area contributed by atoms with Gasteiger partial charge < -0.3 is 15.1 Å². The van der Waals surface area contributed by atoms with Gasteiger partial charge >= 0.3 is 0 Å². The summed E-state index contributed by atoms with van der Waals surface area (Å²) >= 11 is 0. The number of nitro benzene ring substituents is 1. The van der Waals surface area contributed by atoms with Crippen molar-refractivity contribution in [3.8, 4) is 0 Å². The van der Waals surface area contributed by atoms with E-state index in [2.05, 4.69) is 15.1 Å². The number of carbonyl (C=O) groups is 1. The van der Waals surface area contributed by atoms with E-state index in [1.165, 1.54) is 6.07 Å². The monoisotopic (exact) mass is 330 g/mol. The van der Waals surface area contributed by atoms with Crippen LogP contribution in [0.4, 0.5) is 11.4 Å². The van der Waals surface area contributed by atoms with E-state index in [0.29, 0.717) is 6.04 Å². The zero-order valence-electron chi connectivity index (χ0n) is 13.6. The van der Waals surface area contributed by atoms with Crippen LogP contribution in [0, 0.1) is 10.1 Å². The molecule has 3 aliphatic heterocycles. The predicted octanol–water partition coefficient (Wildman–Crippen LogP) is 1.77. The standard InChI is InChI=1S/C17H22N4O3/c22-17(18-12-1-2-12)15-11-14(3-4-16(15)21(23)24)20-10-9-19-7-5-13(20)6-8-19/h3-4,11-13H,1-2,5-10H2,(H,18,22). The Balaban J connectivity index is 1.65. The van der Waals surface area contributed by atoms with Crippen LogP contribution in [0.15, 0.2) is 18.2 Å². The van der Waals surface area contributed by atoms with Gasteiger partial charge in [-0.3, -0.25) is 14.9 Å². The SMILES string of the molecule is O=C(NC1CC1)c1cc(N2CCN3CCC2CC3)ccc1[N+](=O)[O-]. The maximum Gasteiger partial charge on any atom is 0.282 e. The number of nitrogens with one attached hydrogen (secondary N) is 1. The normalized spacial score (nSPS) is 26.1. The third-order valence-corrected chi connectivity index (χ3v) is 5.32. The van der Waals surface area contributed by atoms with Crippen LogP contribution in [0.1, 0.15) is 36.0 Å². The highest BCUT2D eigenvalue weighted by molar-refractivity contribution is 5.99. The summed E-state index contributed by atoms with van der Waals surface area (Å²) in [5, 5.41) is 14.2. The van der Waals surface area contributed by atoms with E-state index in [9.17, 15) is 14.9 Å². The van der Waals surface area contributed by atoms with Crippen molar-refractivity contribution in [1.29, 1.82) is 0 Å². The van der Waals surface area contributed by atoms with Crippen molar-refractivity contribution in [2.45, 2.75) is 37.8 Å². The molecule has 3 heterocycles. The second-order valence-electron chi connectivity index (χ2n) is 6.97. The molecule has 1 aromatic rings. The zero-order valence-corrected chi connectivity index (χ0v) is 13.6. The smallest absolute Gasteiger partial charge is 0.282 e. The molecule has 0 aromatic heterocycles. The molecule has 0 radical (unpaired) electrons. The van der Waals surface area contributed by atoms with Crippen LogP contribution in [0.25, 0.3) is 0 Å². The number of nitro groups is 1. The predicted molar refractivity (Wildman–Crippen MR) is 90.4 cm³/mol. The molecule has 1 aliphatic carbocycles. The minimum absolute atomic E-state index is 0.111. The minimum atomic E-state index is -0.467. The first kappa shape index (κ1) is 15.4. The molecular weight excluding hydrogens is 308 g/mol. The molecule has 7 nitrogen and oxygen atoms in total. The highest BCUT2D eigenvalue weighted by Gasteiger charge is 2.32. The van der Waals surface area contributed by atoms with E-state index >= 15 is 0 Å². The molecule has 24 heavy (non-hydrogen) atoms. The second-order valence-corrected chi connectivity index (χ2v) is 6.97. The van der Waals surface area contributed by atoms with Gasteiger partial charge in [0.15, 0.2) is 0 Å². The summed E-state index contributed by atoms with van der Waals surface area (Å²) in [4.78, 5) is 28.1. The Morgan fingerprint density at radius 1 is 1.12 bits per heavy atom. The van der Waals surface area contributed by atoms with Crippen molar-refractivity contribution in [2.24, 2.45) is 0 Å². The van der Waals surface area contributed by atoms with E-state index < -0.39 is 4.92 Å². The lowest BCUT2D eigenvalue weighted by atomic mass is 10.0. The Morgan fingerprint density at radius 3 is 2.54 bits per heavy atom. The van der Waals surface area contributed by atoms with Gasteiger partial charge in [0.1, 0.15) is 5.56 Å². The third kappa shape index (κ3) is 2.96. The van der Waals surface area contributed by atoms with Gasteiger partial charge in [0.05, 0.1) is 4.92 Å². The lowest BCUT2D eigenvalue weighted by Crippen LogP contribution is -2.38. The fourth-order valence-electron chi connectivity index (χ4n) is 3.76. The van der Waals surface area contributed by atoms with Gasteiger partial charge in [-0.05, 0) is 37.8 Å². The van der Waals surface area contributed by atoms with Crippen LogP contribution in [-0.4, -0.2) is 54.0 Å². The summed E-state index contributed by atoms with van der Waals surface area (Å²) in [7, 11) is 0. The third-order valence-electron chi connectivity index (χ3n) is 5.32. The van der Waals surface area contributed by atoms with Crippen LogP contribution in [0.2, 0.25) is 0 Å². The molecule has 7 heteroatoms. The Bertz CT molecular complexity index is 666. The number of nitrogens with zero attached hydrogens (tertiary/aromatic N) is 3. The number of fused-ring (bicyclic) bond motifs is 4. The second kappa shape index (κ2) is 6.05. The number of rotatable bonds is 4. The topological polar surface area (TPSA) is 78.7 Å². The molecule has 4 fully saturated rings. The molecule has 1 saturated carbocycles. The van der Waals surface area contributed by atoms with Crippen LogP contribution >= 0.6 is 0 Å².